The normalized spacial score (nSPS) is 11.6. The van der Waals surface area contributed by atoms with E-state index in [2.05, 4.69) is 40.3 Å². The van der Waals surface area contributed by atoms with Crippen LogP contribution in [0.3, 0.4) is 0 Å². The quantitative estimate of drug-likeness (QED) is 0.295. The molecule has 0 saturated carbocycles. The average Bonchev–Trinajstić information content (AvgIpc) is 3.52. The Morgan fingerprint density at radius 3 is 2.62 bits per heavy atom. The zero-order chi connectivity index (χ0) is 25.4. The first-order chi connectivity index (χ1) is 18.0. The molecule has 10 heteroatoms. The number of hydrogen-bond acceptors (Lipinski definition) is 7. The zero-order valence-electron chi connectivity index (χ0n) is 20.3. The van der Waals surface area contributed by atoms with Gasteiger partial charge in [-0.25, -0.2) is 14.4 Å². The van der Waals surface area contributed by atoms with Crippen molar-refractivity contribution in [3.8, 4) is 33.9 Å². The molecule has 184 valence electrons. The molecule has 6 rings (SSSR count). The molecule has 1 aromatic carbocycles. The van der Waals surface area contributed by atoms with Crippen LogP contribution < -0.4 is 5.32 Å². The summed E-state index contributed by atoms with van der Waals surface area (Å²) in [6.45, 7) is 1.53. The first-order valence-electron chi connectivity index (χ1n) is 11.8. The van der Waals surface area contributed by atoms with Crippen LogP contribution >= 0.6 is 0 Å². The smallest absolute Gasteiger partial charge is 0.159 e. The van der Waals surface area contributed by atoms with Gasteiger partial charge in [0.2, 0.25) is 0 Å². The monoisotopic (exact) mass is 493 g/mol. The van der Waals surface area contributed by atoms with Gasteiger partial charge in [0.1, 0.15) is 17.0 Å². The minimum Gasteiger partial charge on any atom is -0.384 e. The third kappa shape index (κ3) is 4.50. The van der Waals surface area contributed by atoms with Crippen LogP contribution in [0.5, 0.6) is 0 Å². The number of aromatic nitrogens is 7. The summed E-state index contributed by atoms with van der Waals surface area (Å²) >= 11 is 0. The van der Waals surface area contributed by atoms with Gasteiger partial charge in [-0.15, -0.1) is 0 Å². The summed E-state index contributed by atoms with van der Waals surface area (Å²) in [6, 6.07) is 12.6. The van der Waals surface area contributed by atoms with Crippen molar-refractivity contribution in [2.45, 2.75) is 0 Å². The number of aromatic amines is 2. The molecule has 0 bridgehead atoms. The third-order valence-corrected chi connectivity index (χ3v) is 6.11. The summed E-state index contributed by atoms with van der Waals surface area (Å²) in [6.07, 6.45) is 6.99. The number of benzene rings is 1. The number of imidazole rings is 1. The van der Waals surface area contributed by atoms with Crippen LogP contribution in [0.25, 0.3) is 56.0 Å². The van der Waals surface area contributed by atoms with Gasteiger partial charge in [-0.1, -0.05) is 0 Å². The highest BCUT2D eigenvalue weighted by atomic mass is 19.1. The van der Waals surface area contributed by atoms with E-state index < -0.39 is 0 Å². The zero-order valence-corrected chi connectivity index (χ0v) is 20.3. The van der Waals surface area contributed by atoms with Crippen LogP contribution in [-0.4, -0.2) is 67.2 Å². The van der Waals surface area contributed by atoms with Crippen molar-refractivity contribution < 1.29 is 4.39 Å². The fourth-order valence-corrected chi connectivity index (χ4v) is 4.30. The molecule has 6 aromatic rings. The summed E-state index contributed by atoms with van der Waals surface area (Å²) in [7, 11) is 3.99. The molecule has 0 aliphatic carbocycles. The van der Waals surface area contributed by atoms with Gasteiger partial charge in [0.05, 0.1) is 16.6 Å². The molecule has 5 aromatic heterocycles. The largest absolute Gasteiger partial charge is 0.384 e. The topological polar surface area (TPSA) is 111 Å². The van der Waals surface area contributed by atoms with Gasteiger partial charge < -0.3 is 15.2 Å². The second-order valence-electron chi connectivity index (χ2n) is 9.03. The summed E-state index contributed by atoms with van der Waals surface area (Å²) < 4.78 is 14.5. The van der Waals surface area contributed by atoms with E-state index in [-0.39, 0.29) is 5.82 Å². The van der Waals surface area contributed by atoms with E-state index in [0.717, 1.165) is 28.6 Å². The molecule has 0 spiro atoms. The molecule has 0 amide bonds. The van der Waals surface area contributed by atoms with E-state index in [9.17, 15) is 4.39 Å². The third-order valence-electron chi connectivity index (χ3n) is 6.11. The van der Waals surface area contributed by atoms with E-state index >= 15 is 0 Å². The Bertz CT molecular complexity index is 1710. The minimum absolute atomic E-state index is 0.340. The SMILES string of the molecule is CN(C)CCNc1cc(F)cc(-c2nccc3[nH]c(-c4n[nH]c5ncc(-c6ccncc6)cc45)nc23)c1. The number of nitrogens with one attached hydrogen (secondary N) is 3. The predicted molar refractivity (Wildman–Crippen MR) is 142 cm³/mol. The predicted octanol–water partition coefficient (Wildman–Crippen LogP) is 4.74. The van der Waals surface area contributed by atoms with Gasteiger partial charge in [0.15, 0.2) is 11.5 Å². The molecule has 0 radical (unpaired) electrons. The molecule has 3 N–H and O–H groups in total. The van der Waals surface area contributed by atoms with Crippen molar-refractivity contribution in [1.29, 1.82) is 0 Å². The number of halogens is 1. The van der Waals surface area contributed by atoms with Crippen LogP contribution in [0.15, 0.2) is 67.3 Å². The number of fused-ring (bicyclic) bond motifs is 2. The standard InChI is InChI=1S/C27H24FN9/c1-37(2)10-9-30-20-12-17(11-19(28)14-20)23-25-22(5-8-31-23)33-27(34-25)24-21-13-18(15-32-26(21)36-35-24)16-3-6-29-7-4-16/h3-8,11-15,30H,9-10H2,1-2H3,(H,33,34)(H,32,35,36). The first-order valence-corrected chi connectivity index (χ1v) is 11.8. The Morgan fingerprint density at radius 2 is 1.78 bits per heavy atom. The lowest BCUT2D eigenvalue weighted by atomic mass is 10.1. The van der Waals surface area contributed by atoms with Crippen LogP contribution in [0.1, 0.15) is 0 Å². The number of pyridine rings is 3. The maximum atomic E-state index is 14.5. The maximum Gasteiger partial charge on any atom is 0.159 e. The van der Waals surface area contributed by atoms with Crippen molar-refractivity contribution in [2.75, 3.05) is 32.5 Å². The summed E-state index contributed by atoms with van der Waals surface area (Å²) in [4.78, 5) is 23.4. The van der Waals surface area contributed by atoms with Crippen molar-refractivity contribution >= 4 is 27.8 Å². The summed E-state index contributed by atoms with van der Waals surface area (Å²) in [5, 5.41) is 11.6. The Labute approximate surface area is 211 Å². The molecule has 0 aliphatic rings. The van der Waals surface area contributed by atoms with Gasteiger partial charge in [-0.05, 0) is 62.1 Å². The van der Waals surface area contributed by atoms with E-state index in [0.29, 0.717) is 46.2 Å². The average molecular weight is 494 g/mol. The number of anilines is 1. The molecule has 37 heavy (non-hydrogen) atoms. The highest BCUT2D eigenvalue weighted by Gasteiger charge is 2.17. The highest BCUT2D eigenvalue weighted by Crippen LogP contribution is 2.32. The number of likely N-dealkylation sites (N-methyl/N-ethyl adjacent to an activating group) is 1. The van der Waals surface area contributed by atoms with Crippen LogP contribution in [0, 0.1) is 5.82 Å². The van der Waals surface area contributed by atoms with Gasteiger partial charge in [0.25, 0.3) is 0 Å². The fraction of sp³-hybridized carbons (Fsp3) is 0.148. The molecular weight excluding hydrogens is 469 g/mol. The number of H-pyrrole nitrogens is 2. The first kappa shape index (κ1) is 22.7. The Hall–Kier alpha value is -4.70. The van der Waals surface area contributed by atoms with E-state index in [1.807, 2.05) is 44.4 Å². The minimum atomic E-state index is -0.340. The van der Waals surface area contributed by atoms with Crippen LogP contribution in [0.2, 0.25) is 0 Å². The van der Waals surface area contributed by atoms with Crippen molar-refractivity contribution in [3.63, 3.8) is 0 Å². The lowest BCUT2D eigenvalue weighted by Crippen LogP contribution is -2.20. The van der Waals surface area contributed by atoms with Crippen molar-refractivity contribution in [1.82, 2.24) is 40.0 Å². The molecule has 5 heterocycles. The number of rotatable bonds is 7. The Morgan fingerprint density at radius 1 is 0.919 bits per heavy atom. The fourth-order valence-electron chi connectivity index (χ4n) is 4.30. The molecule has 0 fully saturated rings. The summed E-state index contributed by atoms with van der Waals surface area (Å²) in [5.74, 6) is 0.234. The molecule has 0 saturated heterocycles. The van der Waals surface area contributed by atoms with E-state index in [1.54, 1.807) is 24.8 Å². The van der Waals surface area contributed by atoms with Crippen LogP contribution in [0.4, 0.5) is 10.1 Å². The Balaban J connectivity index is 1.41. The second kappa shape index (κ2) is 9.40. The van der Waals surface area contributed by atoms with Crippen LogP contribution in [-0.2, 0) is 0 Å². The van der Waals surface area contributed by atoms with Crippen molar-refractivity contribution in [3.05, 3.63) is 73.1 Å². The Kier molecular flexibility index (Phi) is 5.78. The van der Waals surface area contributed by atoms with Gasteiger partial charge >= 0.3 is 0 Å². The lowest BCUT2D eigenvalue weighted by Gasteiger charge is -2.12. The lowest BCUT2D eigenvalue weighted by molar-refractivity contribution is 0.425. The van der Waals surface area contributed by atoms with Gasteiger partial charge in [0, 0.05) is 54.7 Å². The number of nitrogens with zero attached hydrogens (tertiary/aromatic N) is 6. The molecule has 9 nitrogen and oxygen atoms in total. The van der Waals surface area contributed by atoms with E-state index in [4.69, 9.17) is 4.98 Å². The molecular formula is C27H24FN9. The maximum absolute atomic E-state index is 14.5. The highest BCUT2D eigenvalue weighted by molar-refractivity contribution is 5.96. The van der Waals surface area contributed by atoms with Gasteiger partial charge in [-0.3, -0.25) is 15.1 Å². The number of hydrogen-bond donors (Lipinski definition) is 3. The second-order valence-corrected chi connectivity index (χ2v) is 9.03. The van der Waals surface area contributed by atoms with Crippen molar-refractivity contribution in [2.24, 2.45) is 0 Å². The molecule has 0 atom stereocenters. The molecule has 0 aliphatic heterocycles. The summed E-state index contributed by atoms with van der Waals surface area (Å²) in [5.41, 5.74) is 6.60. The molecule has 0 unspecified atom stereocenters. The van der Waals surface area contributed by atoms with E-state index in [1.165, 1.54) is 12.1 Å². The van der Waals surface area contributed by atoms with Gasteiger partial charge in [-0.2, -0.15) is 5.10 Å².